The molecule has 14 heavy (non-hydrogen) atoms. The highest BCUT2D eigenvalue weighted by molar-refractivity contribution is 6.33. The Bertz CT molecular complexity index is 391. The molecule has 0 amide bonds. The smallest absolute Gasteiger partial charge is 0.0992 e. The minimum atomic E-state index is 0.560. The normalized spacial score (nSPS) is 9.21. The molecule has 0 aliphatic heterocycles. The van der Waals surface area contributed by atoms with E-state index >= 15 is 0 Å². The number of nitrogens with zero attached hydrogens (tertiary/aromatic N) is 1. The van der Waals surface area contributed by atoms with E-state index in [0.29, 0.717) is 17.1 Å². The number of benzene rings is 1. The highest BCUT2D eigenvalue weighted by atomic mass is 35.5. The van der Waals surface area contributed by atoms with Crippen LogP contribution in [-0.4, -0.2) is 6.54 Å². The molecule has 1 N–H and O–H groups in total. The molecule has 0 spiro atoms. The van der Waals surface area contributed by atoms with Crippen LogP contribution in [0.3, 0.4) is 0 Å². The van der Waals surface area contributed by atoms with Crippen molar-refractivity contribution in [2.75, 3.05) is 11.9 Å². The summed E-state index contributed by atoms with van der Waals surface area (Å²) in [7, 11) is 0. The van der Waals surface area contributed by atoms with Gasteiger partial charge in [0.05, 0.1) is 22.3 Å². The first-order valence-corrected chi connectivity index (χ1v) is 4.59. The van der Waals surface area contributed by atoms with Gasteiger partial charge in [0.25, 0.3) is 0 Å². The molecule has 3 heteroatoms. The molecule has 0 unspecified atom stereocenters. The molecule has 0 aromatic heterocycles. The van der Waals surface area contributed by atoms with E-state index in [1.165, 1.54) is 0 Å². The van der Waals surface area contributed by atoms with E-state index in [1.807, 2.05) is 13.0 Å². The number of hydrogen-bond acceptors (Lipinski definition) is 2. The van der Waals surface area contributed by atoms with Gasteiger partial charge in [-0.1, -0.05) is 23.8 Å². The highest BCUT2D eigenvalue weighted by Crippen LogP contribution is 2.22. The van der Waals surface area contributed by atoms with E-state index in [-0.39, 0.29) is 0 Å². The topological polar surface area (TPSA) is 35.8 Å². The summed E-state index contributed by atoms with van der Waals surface area (Å²) >= 11 is 5.95. The summed E-state index contributed by atoms with van der Waals surface area (Å²) < 4.78 is 0. The van der Waals surface area contributed by atoms with Gasteiger partial charge in [-0.2, -0.15) is 5.26 Å². The van der Waals surface area contributed by atoms with Crippen molar-refractivity contribution in [3.05, 3.63) is 40.9 Å². The zero-order valence-electron chi connectivity index (χ0n) is 7.97. The van der Waals surface area contributed by atoms with Crippen molar-refractivity contribution in [3.63, 3.8) is 0 Å². The molecule has 1 aromatic rings. The predicted molar refractivity (Wildman–Crippen MR) is 59.5 cm³/mol. The molecule has 0 aliphatic rings. The number of halogens is 1. The third-order valence-corrected chi connectivity index (χ3v) is 1.99. The van der Waals surface area contributed by atoms with Gasteiger partial charge in [0.15, 0.2) is 0 Å². The molecule has 0 heterocycles. The van der Waals surface area contributed by atoms with E-state index in [1.54, 1.807) is 18.2 Å². The number of rotatable bonds is 3. The second-order valence-corrected chi connectivity index (χ2v) is 3.52. The Morgan fingerprint density at radius 1 is 1.64 bits per heavy atom. The molecular formula is C11H11ClN2. The van der Waals surface area contributed by atoms with Crippen molar-refractivity contribution in [1.29, 1.82) is 5.26 Å². The summed E-state index contributed by atoms with van der Waals surface area (Å²) in [5, 5.41) is 12.3. The Kier molecular flexibility index (Phi) is 3.55. The molecule has 0 radical (unpaired) electrons. The van der Waals surface area contributed by atoms with Crippen molar-refractivity contribution in [1.82, 2.24) is 0 Å². The van der Waals surface area contributed by atoms with Crippen LogP contribution in [0.5, 0.6) is 0 Å². The lowest BCUT2D eigenvalue weighted by molar-refractivity contribution is 1.22. The Morgan fingerprint density at radius 2 is 2.36 bits per heavy atom. The molecule has 2 nitrogen and oxygen atoms in total. The van der Waals surface area contributed by atoms with Crippen molar-refractivity contribution >= 4 is 17.3 Å². The van der Waals surface area contributed by atoms with Gasteiger partial charge >= 0.3 is 0 Å². The molecule has 0 atom stereocenters. The van der Waals surface area contributed by atoms with Crippen molar-refractivity contribution in [2.45, 2.75) is 6.92 Å². The second kappa shape index (κ2) is 4.69. The Morgan fingerprint density at radius 3 is 2.86 bits per heavy atom. The Labute approximate surface area is 88.8 Å². The average molecular weight is 207 g/mol. The van der Waals surface area contributed by atoms with Crippen molar-refractivity contribution < 1.29 is 0 Å². The monoisotopic (exact) mass is 206 g/mol. The quantitative estimate of drug-likeness (QED) is 0.771. The van der Waals surface area contributed by atoms with E-state index in [4.69, 9.17) is 16.9 Å². The molecule has 0 aliphatic carbocycles. The van der Waals surface area contributed by atoms with Gasteiger partial charge in [-0.25, -0.2) is 0 Å². The molecule has 1 aromatic carbocycles. The van der Waals surface area contributed by atoms with Crippen molar-refractivity contribution in [3.8, 4) is 6.07 Å². The summed E-state index contributed by atoms with van der Waals surface area (Å²) in [5.74, 6) is 0. The third-order valence-electron chi connectivity index (χ3n) is 1.68. The van der Waals surface area contributed by atoms with Gasteiger partial charge in [0.1, 0.15) is 0 Å². The van der Waals surface area contributed by atoms with Gasteiger partial charge in [0.2, 0.25) is 0 Å². The zero-order valence-corrected chi connectivity index (χ0v) is 8.73. The molecule has 0 bridgehead atoms. The van der Waals surface area contributed by atoms with Crippen LogP contribution in [0.1, 0.15) is 12.5 Å². The van der Waals surface area contributed by atoms with Crippen LogP contribution in [0.4, 0.5) is 5.69 Å². The molecule has 1 rings (SSSR count). The SMILES string of the molecule is C=C(C)CNc1ccc(C#N)cc1Cl. The van der Waals surface area contributed by atoms with E-state index in [9.17, 15) is 0 Å². The lowest BCUT2D eigenvalue weighted by Crippen LogP contribution is -2.02. The summed E-state index contributed by atoms with van der Waals surface area (Å²) in [4.78, 5) is 0. The summed E-state index contributed by atoms with van der Waals surface area (Å²) in [6, 6.07) is 7.20. The second-order valence-electron chi connectivity index (χ2n) is 3.12. The molecule has 0 saturated heterocycles. The number of nitriles is 1. The largest absolute Gasteiger partial charge is 0.380 e. The minimum absolute atomic E-state index is 0.560. The van der Waals surface area contributed by atoms with Crippen LogP contribution in [0, 0.1) is 11.3 Å². The van der Waals surface area contributed by atoms with E-state index in [2.05, 4.69) is 11.9 Å². The molecule has 0 saturated carbocycles. The van der Waals surface area contributed by atoms with Crippen LogP contribution in [0.15, 0.2) is 30.4 Å². The van der Waals surface area contributed by atoms with Crippen LogP contribution in [0.2, 0.25) is 5.02 Å². The van der Waals surface area contributed by atoms with Gasteiger partial charge in [-0.15, -0.1) is 0 Å². The summed E-state index contributed by atoms with van der Waals surface area (Å²) in [6.45, 7) is 6.40. The highest BCUT2D eigenvalue weighted by Gasteiger charge is 2.00. The number of anilines is 1. The fourth-order valence-electron chi connectivity index (χ4n) is 0.974. The zero-order chi connectivity index (χ0) is 10.6. The lowest BCUT2D eigenvalue weighted by atomic mass is 10.2. The lowest BCUT2D eigenvalue weighted by Gasteiger charge is -2.07. The summed E-state index contributed by atoms with van der Waals surface area (Å²) in [6.07, 6.45) is 0. The van der Waals surface area contributed by atoms with E-state index in [0.717, 1.165) is 11.3 Å². The minimum Gasteiger partial charge on any atom is -0.380 e. The van der Waals surface area contributed by atoms with Crippen LogP contribution >= 0.6 is 11.6 Å². The standard InChI is InChI=1S/C11H11ClN2/c1-8(2)7-14-11-4-3-9(6-13)5-10(11)12/h3-5,14H,1,7H2,2H3. The Hall–Kier alpha value is -1.46. The third kappa shape index (κ3) is 2.79. The van der Waals surface area contributed by atoms with Gasteiger partial charge in [0, 0.05) is 6.54 Å². The van der Waals surface area contributed by atoms with Gasteiger partial charge in [-0.3, -0.25) is 0 Å². The van der Waals surface area contributed by atoms with Gasteiger partial charge in [-0.05, 0) is 25.1 Å². The maximum absolute atomic E-state index is 8.63. The fraction of sp³-hybridized carbons (Fsp3) is 0.182. The first-order valence-electron chi connectivity index (χ1n) is 4.21. The maximum Gasteiger partial charge on any atom is 0.0992 e. The molecular weight excluding hydrogens is 196 g/mol. The number of hydrogen-bond donors (Lipinski definition) is 1. The van der Waals surface area contributed by atoms with Crippen LogP contribution in [0.25, 0.3) is 0 Å². The fourth-order valence-corrected chi connectivity index (χ4v) is 1.22. The maximum atomic E-state index is 8.63. The summed E-state index contributed by atoms with van der Waals surface area (Å²) in [5.41, 5.74) is 2.43. The predicted octanol–water partition coefficient (Wildman–Crippen LogP) is 3.20. The van der Waals surface area contributed by atoms with Crippen molar-refractivity contribution in [2.24, 2.45) is 0 Å². The van der Waals surface area contributed by atoms with Gasteiger partial charge < -0.3 is 5.32 Å². The molecule has 72 valence electrons. The first kappa shape index (κ1) is 10.6. The molecule has 0 fully saturated rings. The Balaban J connectivity index is 2.80. The van der Waals surface area contributed by atoms with E-state index < -0.39 is 0 Å². The number of nitrogens with one attached hydrogen (secondary N) is 1. The average Bonchev–Trinajstić information content (AvgIpc) is 2.15. The first-order chi connectivity index (χ1) is 6.63. The van der Waals surface area contributed by atoms with Crippen LogP contribution in [-0.2, 0) is 0 Å². The van der Waals surface area contributed by atoms with Crippen LogP contribution < -0.4 is 5.32 Å².